The van der Waals surface area contributed by atoms with Crippen LogP contribution < -0.4 is 19.9 Å². The Kier molecular flexibility index (Phi) is 5.43. The van der Waals surface area contributed by atoms with Crippen molar-refractivity contribution in [2.24, 2.45) is 0 Å². The summed E-state index contributed by atoms with van der Waals surface area (Å²) in [7, 11) is 2.14. The number of hydrogen-bond acceptors (Lipinski definition) is 3. The molecular weight excluding hydrogens is 320 g/mol. The van der Waals surface area contributed by atoms with Gasteiger partial charge in [0, 0.05) is 18.7 Å². The Morgan fingerprint density at radius 3 is 2.60 bits per heavy atom. The van der Waals surface area contributed by atoms with Gasteiger partial charge in [-0.25, -0.2) is 4.79 Å². The van der Waals surface area contributed by atoms with E-state index in [4.69, 9.17) is 4.74 Å². The van der Waals surface area contributed by atoms with Crippen LogP contribution in [0.3, 0.4) is 0 Å². The van der Waals surface area contributed by atoms with Gasteiger partial charge < -0.3 is 24.8 Å². The Morgan fingerprint density at radius 2 is 1.96 bits per heavy atom. The van der Waals surface area contributed by atoms with E-state index < -0.39 is 0 Å². The molecule has 0 spiro atoms. The molecule has 2 heterocycles. The molecule has 0 aliphatic carbocycles. The number of nitrogens with one attached hydrogen (secondary N) is 2. The van der Waals surface area contributed by atoms with Crippen LogP contribution in [0.25, 0.3) is 0 Å². The van der Waals surface area contributed by atoms with Gasteiger partial charge in [-0.15, -0.1) is 0 Å². The van der Waals surface area contributed by atoms with Crippen molar-refractivity contribution in [3.63, 3.8) is 0 Å². The zero-order valence-corrected chi connectivity index (χ0v) is 15.0. The van der Waals surface area contributed by atoms with Crippen LogP contribution in [-0.4, -0.2) is 69.3 Å². The van der Waals surface area contributed by atoms with Gasteiger partial charge in [-0.1, -0.05) is 0 Å². The Hall–Kier alpha value is -2.28. The molecule has 7 heteroatoms. The zero-order chi connectivity index (χ0) is 17.8. The lowest BCUT2D eigenvalue weighted by Gasteiger charge is -2.31. The summed E-state index contributed by atoms with van der Waals surface area (Å²) in [6, 6.07) is 7.31. The van der Waals surface area contributed by atoms with Crippen LogP contribution in [0.2, 0.25) is 0 Å². The Balaban J connectivity index is 1.55. The number of quaternary nitrogens is 1. The second-order valence-electron chi connectivity index (χ2n) is 6.73. The third-order valence-corrected chi connectivity index (χ3v) is 4.82. The van der Waals surface area contributed by atoms with Gasteiger partial charge in [-0.2, -0.15) is 0 Å². The van der Waals surface area contributed by atoms with E-state index in [1.54, 1.807) is 4.90 Å². The summed E-state index contributed by atoms with van der Waals surface area (Å²) in [4.78, 5) is 29.7. The molecule has 2 aliphatic rings. The molecule has 25 heavy (non-hydrogen) atoms. The summed E-state index contributed by atoms with van der Waals surface area (Å²) in [5.41, 5.74) is 0.841. The van der Waals surface area contributed by atoms with Gasteiger partial charge >= 0.3 is 6.03 Å². The van der Waals surface area contributed by atoms with Crippen LogP contribution in [0.4, 0.5) is 10.5 Å². The van der Waals surface area contributed by atoms with E-state index in [1.165, 1.54) is 4.90 Å². The third kappa shape index (κ3) is 4.22. The van der Waals surface area contributed by atoms with Gasteiger partial charge in [-0.3, -0.25) is 4.79 Å². The molecule has 2 fully saturated rings. The van der Waals surface area contributed by atoms with Gasteiger partial charge in [0.25, 0.3) is 0 Å². The fourth-order valence-corrected chi connectivity index (χ4v) is 3.30. The quantitative estimate of drug-likeness (QED) is 0.788. The Bertz CT molecular complexity index is 611. The number of likely N-dealkylation sites (N-methyl/N-ethyl adjacent to an activating group) is 1. The van der Waals surface area contributed by atoms with E-state index in [0.29, 0.717) is 19.6 Å². The van der Waals surface area contributed by atoms with Crippen LogP contribution in [0.15, 0.2) is 24.3 Å². The first-order valence-corrected chi connectivity index (χ1v) is 8.96. The second-order valence-corrected chi connectivity index (χ2v) is 6.73. The third-order valence-electron chi connectivity index (χ3n) is 4.82. The second kappa shape index (κ2) is 7.74. The molecule has 2 saturated heterocycles. The van der Waals surface area contributed by atoms with Gasteiger partial charge in [0.05, 0.1) is 45.9 Å². The number of benzene rings is 1. The van der Waals surface area contributed by atoms with E-state index in [-0.39, 0.29) is 18.0 Å². The predicted octanol–water partition coefficient (Wildman–Crippen LogP) is -0.269. The minimum Gasteiger partial charge on any atom is -0.494 e. The topological polar surface area (TPSA) is 66.3 Å². The van der Waals surface area contributed by atoms with Crippen LogP contribution in [0.1, 0.15) is 13.3 Å². The molecule has 1 aromatic carbocycles. The lowest BCUT2D eigenvalue weighted by Crippen LogP contribution is -3.12. The van der Waals surface area contributed by atoms with E-state index in [1.807, 2.05) is 36.1 Å². The number of urea groups is 1. The highest BCUT2D eigenvalue weighted by molar-refractivity contribution is 5.96. The average Bonchev–Trinajstić information content (AvgIpc) is 2.96. The monoisotopic (exact) mass is 347 g/mol. The van der Waals surface area contributed by atoms with Crippen molar-refractivity contribution < 1.29 is 19.2 Å². The first-order valence-electron chi connectivity index (χ1n) is 8.96. The fraction of sp³-hybridized carbons (Fsp3) is 0.556. The van der Waals surface area contributed by atoms with Crippen molar-refractivity contribution in [1.82, 2.24) is 10.2 Å². The molecule has 0 bridgehead atoms. The average molecular weight is 347 g/mol. The molecule has 2 aliphatic heterocycles. The van der Waals surface area contributed by atoms with Crippen LogP contribution >= 0.6 is 0 Å². The zero-order valence-electron chi connectivity index (χ0n) is 15.0. The maximum atomic E-state index is 12.4. The highest BCUT2D eigenvalue weighted by Crippen LogP contribution is 2.24. The molecule has 0 unspecified atom stereocenters. The fourth-order valence-electron chi connectivity index (χ4n) is 3.30. The maximum Gasteiger partial charge on any atom is 0.318 e. The lowest BCUT2D eigenvalue weighted by molar-refractivity contribution is -0.883. The number of ether oxygens (including phenoxy) is 1. The van der Waals surface area contributed by atoms with Crippen molar-refractivity contribution in [1.29, 1.82) is 0 Å². The Labute approximate surface area is 148 Å². The standard InChI is InChI=1S/C18H26N4O3/c1-3-25-16-6-4-15(5-7-16)22-13-14(12-17(22)23)19-18(24)21-10-8-20(2)9-11-21/h4-7,14H,3,8-13H2,1-2H3,(H,19,24)/p+1/t14-/m1/s1. The summed E-state index contributed by atoms with van der Waals surface area (Å²) in [5, 5.41) is 3.02. The molecule has 7 nitrogen and oxygen atoms in total. The molecule has 0 aromatic heterocycles. The van der Waals surface area contributed by atoms with Gasteiger partial charge in [-0.05, 0) is 31.2 Å². The molecule has 2 N–H and O–H groups in total. The number of anilines is 1. The number of nitrogens with zero attached hydrogens (tertiary/aromatic N) is 2. The SMILES string of the molecule is CCOc1ccc(N2C[C@H](NC(=O)N3CC[NH+](C)CC3)CC2=O)cc1. The minimum atomic E-state index is -0.140. The van der Waals surface area contributed by atoms with Crippen LogP contribution in [0.5, 0.6) is 5.75 Å². The molecule has 3 amide bonds. The van der Waals surface area contributed by atoms with Gasteiger partial charge in [0.1, 0.15) is 5.75 Å². The number of piperazine rings is 1. The first-order chi connectivity index (χ1) is 12.1. The van der Waals surface area contributed by atoms with E-state index in [2.05, 4.69) is 12.4 Å². The predicted molar refractivity (Wildman–Crippen MR) is 95.1 cm³/mol. The molecule has 136 valence electrons. The van der Waals surface area contributed by atoms with Crippen molar-refractivity contribution >= 4 is 17.6 Å². The molecule has 0 saturated carbocycles. The number of carbonyl (C=O) groups is 2. The van der Waals surface area contributed by atoms with Crippen molar-refractivity contribution in [2.75, 3.05) is 51.3 Å². The molecule has 0 radical (unpaired) electrons. The number of hydrogen-bond donors (Lipinski definition) is 2. The van der Waals surface area contributed by atoms with Gasteiger partial charge in [0.2, 0.25) is 5.91 Å². The molecule has 3 rings (SSSR count). The number of rotatable bonds is 4. The normalized spacial score (nSPS) is 21.5. The van der Waals surface area contributed by atoms with E-state index in [0.717, 1.165) is 37.6 Å². The minimum absolute atomic E-state index is 0.0391. The Morgan fingerprint density at radius 1 is 1.28 bits per heavy atom. The molecule has 1 atom stereocenters. The van der Waals surface area contributed by atoms with Crippen molar-refractivity contribution in [2.45, 2.75) is 19.4 Å². The maximum absolute atomic E-state index is 12.4. The highest BCUT2D eigenvalue weighted by Gasteiger charge is 2.33. The van der Waals surface area contributed by atoms with E-state index in [9.17, 15) is 9.59 Å². The number of carbonyl (C=O) groups excluding carboxylic acids is 2. The first kappa shape index (κ1) is 17.5. The largest absolute Gasteiger partial charge is 0.494 e. The highest BCUT2D eigenvalue weighted by atomic mass is 16.5. The summed E-state index contributed by atoms with van der Waals surface area (Å²) in [6.07, 6.45) is 0.345. The lowest BCUT2D eigenvalue weighted by atomic mass is 10.2. The molecule has 1 aromatic rings. The van der Waals surface area contributed by atoms with Crippen molar-refractivity contribution in [3.8, 4) is 5.75 Å². The van der Waals surface area contributed by atoms with Crippen molar-refractivity contribution in [3.05, 3.63) is 24.3 Å². The summed E-state index contributed by atoms with van der Waals surface area (Å²) >= 11 is 0. The van der Waals surface area contributed by atoms with Gasteiger partial charge in [0.15, 0.2) is 0 Å². The van der Waals surface area contributed by atoms with Crippen LogP contribution in [-0.2, 0) is 4.79 Å². The van der Waals surface area contributed by atoms with E-state index >= 15 is 0 Å². The molecular formula is C18H27N4O3+. The summed E-state index contributed by atoms with van der Waals surface area (Å²) in [6.45, 7) is 6.53. The summed E-state index contributed by atoms with van der Waals surface area (Å²) in [5.74, 6) is 0.831. The summed E-state index contributed by atoms with van der Waals surface area (Å²) < 4.78 is 5.43. The number of amides is 3. The smallest absolute Gasteiger partial charge is 0.318 e. The van der Waals surface area contributed by atoms with Crippen LogP contribution in [0, 0.1) is 0 Å².